The number of hydrogen-bond donors (Lipinski definition) is 2. The number of hydrogen-bond acceptors (Lipinski definition) is 6. The Balaban J connectivity index is 1.94. The standard InChI is InChI=1S/C13H16N6OS/c1-6-12(21-9(4)14-6)7(2)15-10-5-11-17-18-13(20)19(11)8(3)16-10/h5,7,15H,1-4H3,(H,18,20). The largest absolute Gasteiger partial charge is 0.362 e. The maximum absolute atomic E-state index is 11.6. The Kier molecular flexibility index (Phi) is 3.25. The Morgan fingerprint density at radius 3 is 2.76 bits per heavy atom. The van der Waals surface area contributed by atoms with Gasteiger partial charge in [0.05, 0.1) is 16.7 Å². The van der Waals surface area contributed by atoms with Crippen molar-refractivity contribution in [1.82, 2.24) is 24.6 Å². The van der Waals surface area contributed by atoms with Crippen LogP contribution >= 0.6 is 11.3 Å². The molecule has 3 rings (SSSR count). The van der Waals surface area contributed by atoms with Crippen LogP contribution in [0.4, 0.5) is 5.82 Å². The van der Waals surface area contributed by atoms with E-state index in [-0.39, 0.29) is 11.7 Å². The van der Waals surface area contributed by atoms with E-state index in [2.05, 4.69) is 32.4 Å². The molecule has 0 amide bonds. The second kappa shape index (κ2) is 4.96. The summed E-state index contributed by atoms with van der Waals surface area (Å²) in [6, 6.07) is 1.85. The fourth-order valence-electron chi connectivity index (χ4n) is 2.41. The van der Waals surface area contributed by atoms with E-state index in [0.717, 1.165) is 10.7 Å². The van der Waals surface area contributed by atoms with E-state index in [1.165, 1.54) is 9.28 Å². The SMILES string of the molecule is Cc1nc(C)c(C(C)Nc2cc3n[nH]c(=O)n3c(C)n2)s1. The summed E-state index contributed by atoms with van der Waals surface area (Å²) in [5, 5.41) is 10.8. The average molecular weight is 304 g/mol. The molecule has 2 N–H and O–H groups in total. The molecule has 0 saturated carbocycles. The summed E-state index contributed by atoms with van der Waals surface area (Å²) in [7, 11) is 0. The number of nitrogens with zero attached hydrogens (tertiary/aromatic N) is 4. The van der Waals surface area contributed by atoms with Crippen molar-refractivity contribution in [3.63, 3.8) is 0 Å². The van der Waals surface area contributed by atoms with Gasteiger partial charge in [-0.2, -0.15) is 5.10 Å². The number of thiazole rings is 1. The fourth-order valence-corrected chi connectivity index (χ4v) is 3.34. The van der Waals surface area contributed by atoms with Gasteiger partial charge in [0.25, 0.3) is 0 Å². The third-order valence-electron chi connectivity index (χ3n) is 3.27. The minimum Gasteiger partial charge on any atom is -0.362 e. The van der Waals surface area contributed by atoms with Crippen LogP contribution in [0.15, 0.2) is 10.9 Å². The van der Waals surface area contributed by atoms with E-state index in [4.69, 9.17) is 0 Å². The van der Waals surface area contributed by atoms with Crippen LogP contribution in [0.25, 0.3) is 5.65 Å². The Hall–Kier alpha value is -2.22. The Morgan fingerprint density at radius 1 is 1.33 bits per heavy atom. The first kappa shape index (κ1) is 13.7. The molecule has 110 valence electrons. The van der Waals surface area contributed by atoms with E-state index in [1.807, 2.05) is 13.8 Å². The number of nitrogens with one attached hydrogen (secondary N) is 2. The molecule has 0 fully saturated rings. The van der Waals surface area contributed by atoms with Gasteiger partial charge in [-0.05, 0) is 27.7 Å². The lowest BCUT2D eigenvalue weighted by atomic mass is 10.2. The van der Waals surface area contributed by atoms with E-state index in [1.54, 1.807) is 24.3 Å². The van der Waals surface area contributed by atoms with E-state index < -0.39 is 0 Å². The number of rotatable bonds is 3. The minimum absolute atomic E-state index is 0.0937. The van der Waals surface area contributed by atoms with Gasteiger partial charge in [-0.15, -0.1) is 11.3 Å². The Labute approximate surface area is 125 Å². The highest BCUT2D eigenvalue weighted by Crippen LogP contribution is 2.27. The number of H-pyrrole nitrogens is 1. The van der Waals surface area contributed by atoms with Crippen molar-refractivity contribution in [3.8, 4) is 0 Å². The zero-order valence-corrected chi connectivity index (χ0v) is 13.1. The monoisotopic (exact) mass is 304 g/mol. The van der Waals surface area contributed by atoms with Crippen LogP contribution in [0, 0.1) is 20.8 Å². The molecule has 0 aliphatic rings. The van der Waals surface area contributed by atoms with Gasteiger partial charge in [0, 0.05) is 10.9 Å². The quantitative estimate of drug-likeness (QED) is 0.772. The van der Waals surface area contributed by atoms with E-state index in [0.29, 0.717) is 17.3 Å². The van der Waals surface area contributed by atoms with Crippen molar-refractivity contribution in [2.45, 2.75) is 33.7 Å². The smallest absolute Gasteiger partial charge is 0.349 e. The summed E-state index contributed by atoms with van der Waals surface area (Å²) < 4.78 is 1.44. The molecule has 0 aromatic carbocycles. The third-order valence-corrected chi connectivity index (χ3v) is 4.52. The molecular weight excluding hydrogens is 288 g/mol. The molecule has 1 unspecified atom stereocenters. The lowest BCUT2D eigenvalue weighted by Crippen LogP contribution is -2.15. The molecule has 0 spiro atoms. The van der Waals surface area contributed by atoms with Crippen molar-refractivity contribution >= 4 is 22.8 Å². The summed E-state index contributed by atoms with van der Waals surface area (Å²) in [5.74, 6) is 1.29. The van der Waals surface area contributed by atoms with Crippen LogP contribution in [0.2, 0.25) is 0 Å². The predicted octanol–water partition coefficient (Wildman–Crippen LogP) is 1.97. The van der Waals surface area contributed by atoms with Gasteiger partial charge in [-0.1, -0.05) is 0 Å². The van der Waals surface area contributed by atoms with Gasteiger partial charge in [0.2, 0.25) is 0 Å². The minimum atomic E-state index is -0.275. The first-order valence-electron chi connectivity index (χ1n) is 6.61. The summed E-state index contributed by atoms with van der Waals surface area (Å²) in [4.78, 5) is 21.6. The molecule has 1 atom stereocenters. The summed E-state index contributed by atoms with van der Waals surface area (Å²) in [6.07, 6.45) is 0. The molecule has 0 radical (unpaired) electrons. The highest BCUT2D eigenvalue weighted by molar-refractivity contribution is 7.11. The first-order valence-corrected chi connectivity index (χ1v) is 7.42. The van der Waals surface area contributed by atoms with Crippen molar-refractivity contribution in [1.29, 1.82) is 0 Å². The summed E-state index contributed by atoms with van der Waals surface area (Å²) in [6.45, 7) is 7.85. The lowest BCUT2D eigenvalue weighted by molar-refractivity contribution is 0.864. The molecule has 0 aliphatic carbocycles. The molecule has 3 aromatic rings. The lowest BCUT2D eigenvalue weighted by Gasteiger charge is -2.14. The fraction of sp³-hybridized carbons (Fsp3) is 0.385. The maximum Gasteiger partial charge on any atom is 0.349 e. The summed E-state index contributed by atoms with van der Waals surface area (Å²) >= 11 is 1.68. The Bertz CT molecular complexity index is 861. The van der Waals surface area contributed by atoms with Crippen molar-refractivity contribution in [3.05, 3.63) is 38.0 Å². The number of anilines is 1. The topological polar surface area (TPSA) is 88.0 Å². The van der Waals surface area contributed by atoms with E-state index >= 15 is 0 Å². The zero-order chi connectivity index (χ0) is 15.1. The van der Waals surface area contributed by atoms with Gasteiger partial charge < -0.3 is 5.32 Å². The molecule has 8 heteroatoms. The van der Waals surface area contributed by atoms with Crippen LogP contribution in [-0.4, -0.2) is 24.6 Å². The number of aryl methyl sites for hydroxylation is 3. The molecule has 21 heavy (non-hydrogen) atoms. The highest BCUT2D eigenvalue weighted by atomic mass is 32.1. The van der Waals surface area contributed by atoms with Crippen molar-refractivity contribution in [2.75, 3.05) is 5.32 Å². The van der Waals surface area contributed by atoms with Crippen LogP contribution < -0.4 is 11.0 Å². The van der Waals surface area contributed by atoms with Gasteiger partial charge in [-0.25, -0.2) is 24.3 Å². The van der Waals surface area contributed by atoms with Crippen LogP contribution in [0.1, 0.15) is 34.4 Å². The zero-order valence-electron chi connectivity index (χ0n) is 12.3. The Morgan fingerprint density at radius 2 is 2.10 bits per heavy atom. The van der Waals surface area contributed by atoms with Crippen molar-refractivity contribution in [2.24, 2.45) is 0 Å². The number of aromatic nitrogens is 5. The van der Waals surface area contributed by atoms with Crippen LogP contribution in [0.3, 0.4) is 0 Å². The summed E-state index contributed by atoms with van der Waals surface area (Å²) in [5.41, 5.74) is 1.31. The van der Waals surface area contributed by atoms with E-state index in [9.17, 15) is 4.79 Å². The van der Waals surface area contributed by atoms with Gasteiger partial charge in [-0.3, -0.25) is 0 Å². The van der Waals surface area contributed by atoms with Crippen LogP contribution in [0.5, 0.6) is 0 Å². The van der Waals surface area contributed by atoms with Gasteiger partial charge in [0.15, 0.2) is 5.65 Å². The maximum atomic E-state index is 11.6. The molecule has 0 saturated heterocycles. The molecule has 0 bridgehead atoms. The number of aromatic amines is 1. The highest BCUT2D eigenvalue weighted by Gasteiger charge is 2.14. The normalized spacial score (nSPS) is 12.8. The second-order valence-electron chi connectivity index (χ2n) is 4.96. The molecule has 0 aliphatic heterocycles. The van der Waals surface area contributed by atoms with Gasteiger partial charge >= 0.3 is 5.69 Å². The van der Waals surface area contributed by atoms with Crippen molar-refractivity contribution < 1.29 is 0 Å². The predicted molar refractivity (Wildman–Crippen MR) is 82.0 cm³/mol. The van der Waals surface area contributed by atoms with Gasteiger partial charge in [0.1, 0.15) is 11.6 Å². The second-order valence-corrected chi connectivity index (χ2v) is 6.19. The molecule has 3 heterocycles. The molecule has 7 nitrogen and oxygen atoms in total. The third kappa shape index (κ3) is 2.42. The van der Waals surface area contributed by atoms with Crippen LogP contribution in [-0.2, 0) is 0 Å². The average Bonchev–Trinajstić information content (AvgIpc) is 2.93. The molecular formula is C13H16N6OS. The number of fused-ring (bicyclic) bond motifs is 1. The first-order chi connectivity index (χ1) is 9.95. The molecule has 3 aromatic heterocycles.